The van der Waals surface area contributed by atoms with Gasteiger partial charge in [-0.25, -0.2) is 4.98 Å². The maximum Gasteiger partial charge on any atom is 0.251 e. The normalized spacial score (nSPS) is 10.2. The number of ether oxygens (including phenoxy) is 1. The van der Waals surface area contributed by atoms with E-state index in [1.165, 1.54) is 11.3 Å². The van der Waals surface area contributed by atoms with Gasteiger partial charge in [-0.1, -0.05) is 0 Å². The molecule has 122 valence electrons. The summed E-state index contributed by atoms with van der Waals surface area (Å²) < 4.78 is 5.35. The first-order valence-corrected chi connectivity index (χ1v) is 8.12. The van der Waals surface area contributed by atoms with Crippen molar-refractivity contribution in [1.29, 1.82) is 0 Å². The van der Waals surface area contributed by atoms with Crippen molar-refractivity contribution >= 4 is 28.1 Å². The van der Waals surface area contributed by atoms with Crippen LogP contribution in [0.1, 0.15) is 10.4 Å². The number of hydrogen-bond donors (Lipinski definition) is 2. The summed E-state index contributed by atoms with van der Waals surface area (Å²) >= 11 is 1.47. The minimum atomic E-state index is -0.157. The molecule has 0 saturated carbocycles. The van der Waals surface area contributed by atoms with Crippen LogP contribution in [0.5, 0.6) is 5.75 Å². The van der Waals surface area contributed by atoms with Crippen LogP contribution >= 0.6 is 11.3 Å². The van der Waals surface area contributed by atoms with Gasteiger partial charge in [-0.05, 0) is 30.3 Å². The fourth-order valence-electron chi connectivity index (χ4n) is 2.18. The molecule has 0 fully saturated rings. The predicted octanol–water partition coefficient (Wildman–Crippen LogP) is 3.32. The van der Waals surface area contributed by atoms with E-state index in [0.29, 0.717) is 22.1 Å². The van der Waals surface area contributed by atoms with E-state index in [-0.39, 0.29) is 5.91 Å². The van der Waals surface area contributed by atoms with E-state index >= 15 is 0 Å². The number of anilines is 2. The van der Waals surface area contributed by atoms with Gasteiger partial charge in [0.05, 0.1) is 18.5 Å². The Kier molecular flexibility index (Phi) is 4.72. The average molecular weight is 340 g/mol. The molecule has 0 bridgehead atoms. The Hall–Kier alpha value is -2.93. The summed E-state index contributed by atoms with van der Waals surface area (Å²) in [7, 11) is 3.18. The van der Waals surface area contributed by atoms with Gasteiger partial charge in [-0.3, -0.25) is 9.78 Å². The first-order valence-electron chi connectivity index (χ1n) is 7.24. The Balaban J connectivity index is 1.88. The van der Waals surface area contributed by atoms with Gasteiger partial charge in [-0.2, -0.15) is 0 Å². The molecule has 0 aliphatic carbocycles. The van der Waals surface area contributed by atoms with E-state index < -0.39 is 0 Å². The maximum atomic E-state index is 11.8. The number of rotatable bonds is 5. The average Bonchev–Trinajstić information content (AvgIpc) is 3.10. The van der Waals surface area contributed by atoms with Crippen LogP contribution in [-0.2, 0) is 0 Å². The molecule has 0 atom stereocenters. The molecule has 3 rings (SSSR count). The molecule has 0 saturated heterocycles. The molecular weight excluding hydrogens is 324 g/mol. The zero-order chi connectivity index (χ0) is 16.9. The number of carbonyl (C=O) groups excluding carboxylic acids is 1. The summed E-state index contributed by atoms with van der Waals surface area (Å²) in [5.74, 6) is 0.483. The minimum absolute atomic E-state index is 0.157. The Morgan fingerprint density at radius 2 is 2.17 bits per heavy atom. The molecule has 0 aliphatic heterocycles. The molecule has 1 aromatic carbocycles. The second kappa shape index (κ2) is 7.10. The van der Waals surface area contributed by atoms with Gasteiger partial charge in [0.25, 0.3) is 5.91 Å². The molecule has 2 N–H and O–H groups in total. The second-order valence-electron chi connectivity index (χ2n) is 4.90. The predicted molar refractivity (Wildman–Crippen MR) is 95.0 cm³/mol. The van der Waals surface area contributed by atoms with Gasteiger partial charge in [0.2, 0.25) is 0 Å². The second-order valence-corrected chi connectivity index (χ2v) is 5.76. The molecule has 0 spiro atoms. The lowest BCUT2D eigenvalue weighted by Crippen LogP contribution is -2.17. The van der Waals surface area contributed by atoms with Gasteiger partial charge in [0.15, 0.2) is 5.13 Å². The highest BCUT2D eigenvalue weighted by atomic mass is 32.1. The Morgan fingerprint density at radius 3 is 2.88 bits per heavy atom. The molecule has 2 aromatic heterocycles. The number of thiazole rings is 1. The molecule has 24 heavy (non-hydrogen) atoms. The van der Waals surface area contributed by atoms with Crippen LogP contribution in [0, 0.1) is 0 Å². The van der Waals surface area contributed by atoms with Crippen LogP contribution < -0.4 is 15.4 Å². The van der Waals surface area contributed by atoms with Gasteiger partial charge < -0.3 is 15.4 Å². The van der Waals surface area contributed by atoms with Crippen molar-refractivity contribution in [2.24, 2.45) is 0 Å². The molecule has 1 amide bonds. The molecule has 0 radical (unpaired) electrons. The van der Waals surface area contributed by atoms with Crippen LogP contribution in [-0.4, -0.2) is 30.0 Å². The quantitative estimate of drug-likeness (QED) is 0.745. The van der Waals surface area contributed by atoms with Gasteiger partial charge in [-0.15, -0.1) is 11.3 Å². The highest BCUT2D eigenvalue weighted by Gasteiger charge is 2.11. The number of methoxy groups -OCH3 is 1. The number of nitrogens with one attached hydrogen (secondary N) is 2. The fraction of sp³-hybridized carbons (Fsp3) is 0.118. The van der Waals surface area contributed by atoms with Crippen molar-refractivity contribution < 1.29 is 9.53 Å². The third-order valence-electron chi connectivity index (χ3n) is 3.39. The number of pyridine rings is 1. The summed E-state index contributed by atoms with van der Waals surface area (Å²) in [5.41, 5.74) is 3.03. The standard InChI is InChI=1S/C17H16N4O2S/c1-18-16(22)11-5-6-15(23-2)13(8-11)20-17-21-14(10-24-17)12-4-3-7-19-9-12/h3-10H,1-2H3,(H,18,22)(H,20,21). The lowest BCUT2D eigenvalue weighted by atomic mass is 10.1. The van der Waals surface area contributed by atoms with Crippen molar-refractivity contribution in [2.45, 2.75) is 0 Å². The zero-order valence-corrected chi connectivity index (χ0v) is 14.1. The third kappa shape index (κ3) is 3.36. The Morgan fingerprint density at radius 1 is 1.29 bits per heavy atom. The number of benzene rings is 1. The molecular formula is C17H16N4O2S. The van der Waals surface area contributed by atoms with Crippen molar-refractivity contribution in [1.82, 2.24) is 15.3 Å². The molecule has 2 heterocycles. The molecule has 0 aliphatic rings. The number of aromatic nitrogens is 2. The largest absolute Gasteiger partial charge is 0.495 e. The number of amides is 1. The van der Waals surface area contributed by atoms with E-state index in [9.17, 15) is 4.79 Å². The third-order valence-corrected chi connectivity index (χ3v) is 4.15. The summed E-state index contributed by atoms with van der Waals surface area (Å²) in [6, 6.07) is 9.04. The summed E-state index contributed by atoms with van der Waals surface area (Å²) in [5, 5.41) is 8.49. The first kappa shape index (κ1) is 15.9. The van der Waals surface area contributed by atoms with E-state index in [4.69, 9.17) is 4.74 Å². The van der Waals surface area contributed by atoms with Crippen LogP contribution in [0.3, 0.4) is 0 Å². The molecule has 6 nitrogen and oxygen atoms in total. The summed E-state index contributed by atoms with van der Waals surface area (Å²) in [4.78, 5) is 20.5. The van der Waals surface area contributed by atoms with Crippen LogP contribution in [0.2, 0.25) is 0 Å². The van der Waals surface area contributed by atoms with Crippen LogP contribution in [0.25, 0.3) is 11.3 Å². The van der Waals surface area contributed by atoms with Crippen molar-refractivity contribution in [3.05, 3.63) is 53.7 Å². The monoisotopic (exact) mass is 340 g/mol. The Bertz CT molecular complexity index is 849. The molecule has 0 unspecified atom stereocenters. The topological polar surface area (TPSA) is 76.1 Å². The van der Waals surface area contributed by atoms with E-state index in [0.717, 1.165) is 11.3 Å². The van der Waals surface area contributed by atoms with Gasteiger partial charge in [0.1, 0.15) is 5.75 Å². The smallest absolute Gasteiger partial charge is 0.251 e. The highest BCUT2D eigenvalue weighted by Crippen LogP contribution is 2.32. The van der Waals surface area contributed by atoms with E-state index in [2.05, 4.69) is 20.6 Å². The fourth-order valence-corrected chi connectivity index (χ4v) is 2.92. The number of carbonyl (C=O) groups is 1. The lowest BCUT2D eigenvalue weighted by Gasteiger charge is -2.10. The van der Waals surface area contributed by atoms with E-state index in [1.807, 2.05) is 17.5 Å². The number of hydrogen-bond acceptors (Lipinski definition) is 6. The first-order chi connectivity index (χ1) is 11.7. The van der Waals surface area contributed by atoms with Gasteiger partial charge >= 0.3 is 0 Å². The van der Waals surface area contributed by atoms with Crippen molar-refractivity contribution in [3.8, 4) is 17.0 Å². The molecule has 7 heteroatoms. The Labute approximate surface area is 143 Å². The van der Waals surface area contributed by atoms with Crippen LogP contribution in [0.15, 0.2) is 48.1 Å². The summed E-state index contributed by atoms with van der Waals surface area (Å²) in [6.45, 7) is 0. The van der Waals surface area contributed by atoms with Crippen LogP contribution in [0.4, 0.5) is 10.8 Å². The van der Waals surface area contributed by atoms with Crippen molar-refractivity contribution in [3.63, 3.8) is 0 Å². The zero-order valence-electron chi connectivity index (χ0n) is 13.2. The maximum absolute atomic E-state index is 11.8. The van der Waals surface area contributed by atoms with Gasteiger partial charge in [0, 0.05) is 35.9 Å². The highest BCUT2D eigenvalue weighted by molar-refractivity contribution is 7.14. The number of nitrogens with zero attached hydrogens (tertiary/aromatic N) is 2. The summed E-state index contributed by atoms with van der Waals surface area (Å²) in [6.07, 6.45) is 3.50. The SMILES string of the molecule is CNC(=O)c1ccc(OC)c(Nc2nc(-c3cccnc3)cs2)c1. The minimum Gasteiger partial charge on any atom is -0.495 e. The van der Waals surface area contributed by atoms with Crippen molar-refractivity contribution in [2.75, 3.05) is 19.5 Å². The van der Waals surface area contributed by atoms with E-state index in [1.54, 1.807) is 44.8 Å². The lowest BCUT2D eigenvalue weighted by molar-refractivity contribution is 0.0963. The molecule has 3 aromatic rings.